The second-order valence-corrected chi connectivity index (χ2v) is 9.62. The predicted octanol–water partition coefficient (Wildman–Crippen LogP) is 6.15. The van der Waals surface area contributed by atoms with Gasteiger partial charge in [-0.25, -0.2) is 18.4 Å². The Morgan fingerprint density at radius 2 is 1.47 bits per heavy atom. The van der Waals surface area contributed by atoms with Gasteiger partial charge < -0.3 is 5.32 Å². The minimum atomic E-state index is -3.65. The van der Waals surface area contributed by atoms with E-state index < -0.39 is 10.0 Å². The van der Waals surface area contributed by atoms with E-state index in [-0.39, 0.29) is 4.90 Å². The molecule has 5 rings (SSSR count). The van der Waals surface area contributed by atoms with Gasteiger partial charge in [-0.05, 0) is 59.7 Å². The van der Waals surface area contributed by atoms with Gasteiger partial charge in [0.2, 0.25) is 0 Å². The molecule has 5 aromatic rings. The summed E-state index contributed by atoms with van der Waals surface area (Å²) in [6.45, 7) is 1.86. The molecule has 0 aliphatic carbocycles. The summed E-state index contributed by atoms with van der Waals surface area (Å²) in [6.07, 6.45) is 1.53. The van der Waals surface area contributed by atoms with Gasteiger partial charge >= 0.3 is 0 Å². The number of fused-ring (bicyclic) bond motifs is 1. The van der Waals surface area contributed by atoms with Crippen molar-refractivity contribution < 1.29 is 8.42 Å². The fourth-order valence-corrected chi connectivity index (χ4v) is 4.95. The summed E-state index contributed by atoms with van der Waals surface area (Å²) in [5, 5.41) is 5.54. The maximum Gasteiger partial charge on any atom is 0.261 e. The molecule has 6 nitrogen and oxygen atoms in total. The number of hydrogen-bond acceptors (Lipinski definition) is 5. The SMILES string of the molecule is Cc1cccc(S(=O)(=O)Nc2ccc(Nc3cc(-c4cccc5ccccc45)ncn3)cc2)c1. The number of hydrogen-bond donors (Lipinski definition) is 2. The van der Waals surface area contributed by atoms with Crippen LogP contribution < -0.4 is 10.0 Å². The summed E-state index contributed by atoms with van der Waals surface area (Å²) in [7, 11) is -3.65. The van der Waals surface area contributed by atoms with Crippen LogP contribution in [0.5, 0.6) is 0 Å². The molecule has 0 aliphatic rings. The van der Waals surface area contributed by atoms with Crippen molar-refractivity contribution in [1.29, 1.82) is 0 Å². The van der Waals surface area contributed by atoms with Gasteiger partial charge in [0, 0.05) is 23.0 Å². The van der Waals surface area contributed by atoms with Crippen molar-refractivity contribution in [2.75, 3.05) is 10.0 Å². The number of sulfonamides is 1. The summed E-state index contributed by atoms with van der Waals surface area (Å²) in [4.78, 5) is 9.03. The molecule has 4 aromatic carbocycles. The van der Waals surface area contributed by atoms with Crippen molar-refractivity contribution >= 4 is 38.0 Å². The van der Waals surface area contributed by atoms with Crippen molar-refractivity contribution in [2.45, 2.75) is 11.8 Å². The lowest BCUT2D eigenvalue weighted by atomic mass is 10.0. The highest BCUT2D eigenvalue weighted by Gasteiger charge is 2.14. The quantitative estimate of drug-likeness (QED) is 0.314. The van der Waals surface area contributed by atoms with E-state index in [1.807, 2.05) is 43.3 Å². The van der Waals surface area contributed by atoms with E-state index in [1.165, 1.54) is 6.33 Å². The van der Waals surface area contributed by atoms with E-state index in [1.54, 1.807) is 42.5 Å². The highest BCUT2D eigenvalue weighted by atomic mass is 32.2. The van der Waals surface area contributed by atoms with Crippen LogP contribution in [0, 0.1) is 6.92 Å². The summed E-state index contributed by atoms with van der Waals surface area (Å²) < 4.78 is 27.9. The van der Waals surface area contributed by atoms with Crippen LogP contribution in [0.4, 0.5) is 17.2 Å². The molecule has 0 saturated carbocycles. The fraction of sp³-hybridized carbons (Fsp3) is 0.0370. The highest BCUT2D eigenvalue weighted by Crippen LogP contribution is 2.29. The first-order valence-electron chi connectivity index (χ1n) is 10.7. The number of benzene rings is 4. The first kappa shape index (κ1) is 21.6. The van der Waals surface area contributed by atoms with Gasteiger partial charge in [-0.15, -0.1) is 0 Å². The van der Waals surface area contributed by atoms with Crippen LogP contribution in [0.25, 0.3) is 22.0 Å². The van der Waals surface area contributed by atoms with E-state index in [0.29, 0.717) is 11.5 Å². The van der Waals surface area contributed by atoms with Crippen LogP contribution in [0.2, 0.25) is 0 Å². The molecule has 168 valence electrons. The number of rotatable bonds is 6. The maximum absolute atomic E-state index is 12.7. The van der Waals surface area contributed by atoms with Crippen LogP contribution in [0.1, 0.15) is 5.56 Å². The summed E-state index contributed by atoms with van der Waals surface area (Å²) in [5.74, 6) is 0.644. The Balaban J connectivity index is 1.35. The van der Waals surface area contributed by atoms with Crippen LogP contribution >= 0.6 is 0 Å². The molecule has 0 unspecified atom stereocenters. The topological polar surface area (TPSA) is 84.0 Å². The van der Waals surface area contributed by atoms with Crippen LogP contribution in [-0.2, 0) is 10.0 Å². The third-order valence-corrected chi connectivity index (χ3v) is 6.82. The molecule has 0 aliphatic heterocycles. The zero-order valence-corrected chi connectivity index (χ0v) is 19.3. The second kappa shape index (κ2) is 8.96. The van der Waals surface area contributed by atoms with Crippen LogP contribution in [0.15, 0.2) is 108 Å². The van der Waals surface area contributed by atoms with Crippen molar-refractivity contribution in [3.05, 3.63) is 109 Å². The normalized spacial score (nSPS) is 11.3. The summed E-state index contributed by atoms with van der Waals surface area (Å²) >= 11 is 0. The molecule has 0 radical (unpaired) electrons. The molecule has 1 aromatic heterocycles. The van der Waals surface area contributed by atoms with Gasteiger partial charge in [-0.2, -0.15) is 0 Å². The molecule has 0 atom stereocenters. The number of aryl methyl sites for hydroxylation is 1. The van der Waals surface area contributed by atoms with Crippen molar-refractivity contribution in [3.8, 4) is 11.3 Å². The van der Waals surface area contributed by atoms with Crippen molar-refractivity contribution in [2.24, 2.45) is 0 Å². The van der Waals surface area contributed by atoms with Gasteiger partial charge in [0.1, 0.15) is 12.1 Å². The molecule has 2 N–H and O–H groups in total. The Kier molecular flexibility index (Phi) is 5.69. The predicted molar refractivity (Wildman–Crippen MR) is 137 cm³/mol. The van der Waals surface area contributed by atoms with Crippen molar-refractivity contribution in [3.63, 3.8) is 0 Å². The highest BCUT2D eigenvalue weighted by molar-refractivity contribution is 7.92. The molecular weight excluding hydrogens is 444 g/mol. The van der Waals surface area contributed by atoms with Crippen LogP contribution in [-0.4, -0.2) is 18.4 Å². The Morgan fingerprint density at radius 3 is 2.29 bits per heavy atom. The summed E-state index contributed by atoms with van der Waals surface area (Å²) in [6, 6.07) is 30.1. The average molecular weight is 467 g/mol. The molecule has 7 heteroatoms. The number of anilines is 3. The van der Waals surface area contributed by atoms with E-state index >= 15 is 0 Å². The van der Waals surface area contributed by atoms with Crippen LogP contribution in [0.3, 0.4) is 0 Å². The van der Waals surface area contributed by atoms with E-state index in [4.69, 9.17) is 0 Å². The smallest absolute Gasteiger partial charge is 0.261 e. The fourth-order valence-electron chi connectivity index (χ4n) is 3.79. The lowest BCUT2D eigenvalue weighted by molar-refractivity contribution is 0.601. The minimum absolute atomic E-state index is 0.233. The molecule has 1 heterocycles. The maximum atomic E-state index is 12.7. The molecule has 0 amide bonds. The second-order valence-electron chi connectivity index (χ2n) is 7.94. The molecule has 34 heavy (non-hydrogen) atoms. The standard InChI is InChI=1S/C27H22N4O2S/c1-19-6-4-9-23(16-19)34(32,33)31-22-14-12-21(13-15-22)30-27-17-26(28-18-29-27)25-11-5-8-20-7-2-3-10-24(20)25/h2-18,31H,1H3,(H,28,29,30). The number of aromatic nitrogens is 2. The van der Waals surface area contributed by atoms with Gasteiger partial charge in [0.15, 0.2) is 0 Å². The van der Waals surface area contributed by atoms with Gasteiger partial charge in [0.05, 0.1) is 10.6 Å². The zero-order valence-electron chi connectivity index (χ0n) is 18.4. The van der Waals surface area contributed by atoms with E-state index in [9.17, 15) is 8.42 Å². The Hall–Kier alpha value is -4.23. The first-order valence-corrected chi connectivity index (χ1v) is 12.2. The molecule has 0 spiro atoms. The number of nitrogens with one attached hydrogen (secondary N) is 2. The monoisotopic (exact) mass is 466 g/mol. The lowest BCUT2D eigenvalue weighted by Crippen LogP contribution is -2.13. The first-order chi connectivity index (χ1) is 16.5. The Morgan fingerprint density at radius 1 is 0.735 bits per heavy atom. The number of nitrogens with zero attached hydrogens (tertiary/aromatic N) is 2. The van der Waals surface area contributed by atoms with Crippen molar-refractivity contribution in [1.82, 2.24) is 9.97 Å². The van der Waals surface area contributed by atoms with E-state index in [0.717, 1.165) is 33.3 Å². The Labute approximate surface area is 198 Å². The van der Waals surface area contributed by atoms with E-state index in [2.05, 4.69) is 38.2 Å². The largest absolute Gasteiger partial charge is 0.340 e. The molecule has 0 fully saturated rings. The zero-order chi connectivity index (χ0) is 23.5. The third kappa shape index (κ3) is 4.60. The average Bonchev–Trinajstić information content (AvgIpc) is 2.85. The third-order valence-electron chi connectivity index (χ3n) is 5.44. The molecular formula is C27H22N4O2S. The summed E-state index contributed by atoms with van der Waals surface area (Å²) in [5.41, 5.74) is 3.99. The van der Waals surface area contributed by atoms with Gasteiger partial charge in [-0.3, -0.25) is 4.72 Å². The Bertz CT molecular complexity index is 1580. The van der Waals surface area contributed by atoms with Gasteiger partial charge in [-0.1, -0.05) is 54.6 Å². The lowest BCUT2D eigenvalue weighted by Gasteiger charge is -2.11. The van der Waals surface area contributed by atoms with Gasteiger partial charge in [0.25, 0.3) is 10.0 Å². The molecule has 0 bridgehead atoms. The minimum Gasteiger partial charge on any atom is -0.340 e. The molecule has 0 saturated heterocycles.